The average Bonchev–Trinajstić information content (AvgIpc) is 3.48. The highest BCUT2D eigenvalue weighted by Gasteiger charge is 2.17. The van der Waals surface area contributed by atoms with E-state index in [0.29, 0.717) is 29.3 Å². The zero-order chi connectivity index (χ0) is 28.4. The van der Waals surface area contributed by atoms with Crippen LogP contribution in [-0.2, 0) is 17.8 Å². The molecule has 3 aromatic carbocycles. The van der Waals surface area contributed by atoms with E-state index in [-0.39, 0.29) is 11.9 Å². The molecule has 0 radical (unpaired) electrons. The van der Waals surface area contributed by atoms with E-state index in [0.717, 1.165) is 44.8 Å². The first-order chi connectivity index (χ1) is 20.1. The maximum atomic E-state index is 12.6. The quantitative estimate of drug-likeness (QED) is 0.166. The zero-order valence-corrected chi connectivity index (χ0v) is 23.2. The maximum absolute atomic E-state index is 12.6. The first-order valence-electron chi connectivity index (χ1n) is 13.9. The van der Waals surface area contributed by atoms with Crippen LogP contribution in [0.25, 0.3) is 11.3 Å². The number of hydrazone groups is 1. The van der Waals surface area contributed by atoms with Gasteiger partial charge in [0.05, 0.1) is 18.4 Å². The van der Waals surface area contributed by atoms with E-state index in [9.17, 15) is 9.59 Å². The molecule has 1 amide bonds. The highest BCUT2D eigenvalue weighted by atomic mass is 16.5. The van der Waals surface area contributed by atoms with Crippen molar-refractivity contribution < 1.29 is 18.7 Å². The normalized spacial score (nSPS) is 14.3. The lowest BCUT2D eigenvalue weighted by atomic mass is 10.1. The third-order valence-electron chi connectivity index (χ3n) is 7.00. The van der Waals surface area contributed by atoms with Crippen LogP contribution in [0.1, 0.15) is 44.5 Å². The number of carbonyl (C=O) groups is 2. The Hall–Kier alpha value is -4.53. The van der Waals surface area contributed by atoms with Crippen molar-refractivity contribution in [1.29, 1.82) is 0 Å². The number of benzene rings is 3. The van der Waals surface area contributed by atoms with Gasteiger partial charge >= 0.3 is 5.97 Å². The molecule has 5 rings (SSSR count). The predicted molar refractivity (Wildman–Crippen MR) is 159 cm³/mol. The zero-order valence-electron chi connectivity index (χ0n) is 23.2. The summed E-state index contributed by atoms with van der Waals surface area (Å²) in [7, 11) is 0. The van der Waals surface area contributed by atoms with Crippen LogP contribution < -0.4 is 5.43 Å². The van der Waals surface area contributed by atoms with Crippen LogP contribution in [0.4, 0.5) is 0 Å². The Balaban J connectivity index is 1.07. The molecule has 0 bridgehead atoms. The summed E-state index contributed by atoms with van der Waals surface area (Å²) < 4.78 is 10.8. The van der Waals surface area contributed by atoms with Crippen molar-refractivity contribution in [2.75, 3.05) is 32.8 Å². The van der Waals surface area contributed by atoms with Crippen molar-refractivity contribution in [3.63, 3.8) is 0 Å². The second-order valence-corrected chi connectivity index (χ2v) is 9.93. The molecule has 41 heavy (non-hydrogen) atoms. The Morgan fingerprint density at radius 2 is 1.41 bits per heavy atom. The van der Waals surface area contributed by atoms with E-state index < -0.39 is 0 Å². The fraction of sp³-hybridized carbons (Fsp3) is 0.242. The van der Waals surface area contributed by atoms with Gasteiger partial charge in [0.1, 0.15) is 11.5 Å². The van der Waals surface area contributed by atoms with Crippen LogP contribution in [0, 0.1) is 0 Å². The van der Waals surface area contributed by atoms with Gasteiger partial charge in [-0.3, -0.25) is 14.6 Å². The van der Waals surface area contributed by atoms with E-state index >= 15 is 0 Å². The molecule has 1 aliphatic rings. The maximum Gasteiger partial charge on any atom is 0.338 e. The Morgan fingerprint density at radius 3 is 2.05 bits per heavy atom. The Labute approximate surface area is 240 Å². The minimum absolute atomic E-state index is 0.288. The second-order valence-electron chi connectivity index (χ2n) is 9.93. The molecule has 4 aromatic rings. The third-order valence-corrected chi connectivity index (χ3v) is 7.00. The molecular weight excluding hydrogens is 516 g/mol. The summed E-state index contributed by atoms with van der Waals surface area (Å²) in [6, 6.07) is 28.8. The molecule has 1 N–H and O–H groups in total. The fourth-order valence-electron chi connectivity index (χ4n) is 4.75. The van der Waals surface area contributed by atoms with Gasteiger partial charge in [-0.1, -0.05) is 54.6 Å². The standard InChI is InChI=1S/C33H34N4O4/c1-2-40-33(39)29-14-12-27(13-15-29)31-17-16-30(41-31)22-34-35-32(38)28-10-8-26(9-11-28)24-37-20-18-36(19-21-37)23-25-6-4-3-5-7-25/h3-17,22H,2,18-21,23-24H2,1H3,(H,35,38)/b34-22-. The van der Waals surface area contributed by atoms with Crippen molar-refractivity contribution in [2.24, 2.45) is 5.10 Å². The number of hydrogen-bond donors (Lipinski definition) is 1. The van der Waals surface area contributed by atoms with Crippen LogP contribution in [0.2, 0.25) is 0 Å². The van der Waals surface area contributed by atoms with Gasteiger partial charge in [-0.2, -0.15) is 5.10 Å². The van der Waals surface area contributed by atoms with Crippen molar-refractivity contribution in [3.8, 4) is 11.3 Å². The van der Waals surface area contributed by atoms with Gasteiger partial charge in [0.15, 0.2) is 0 Å². The van der Waals surface area contributed by atoms with E-state index in [1.165, 1.54) is 17.3 Å². The highest BCUT2D eigenvalue weighted by molar-refractivity contribution is 5.94. The van der Waals surface area contributed by atoms with Gasteiger partial charge in [0, 0.05) is 50.4 Å². The number of hydrogen-bond acceptors (Lipinski definition) is 7. The van der Waals surface area contributed by atoms with Gasteiger partial charge in [-0.25, -0.2) is 10.2 Å². The number of rotatable bonds is 10. The first kappa shape index (κ1) is 28.0. The van der Waals surface area contributed by atoms with Crippen molar-refractivity contribution in [2.45, 2.75) is 20.0 Å². The van der Waals surface area contributed by atoms with Crippen LogP contribution in [0.15, 0.2) is 101 Å². The summed E-state index contributed by atoms with van der Waals surface area (Å²) in [4.78, 5) is 29.3. The molecule has 0 aliphatic carbocycles. The molecule has 0 spiro atoms. The summed E-state index contributed by atoms with van der Waals surface area (Å²) in [6.45, 7) is 8.11. The van der Waals surface area contributed by atoms with Crippen LogP contribution in [-0.4, -0.2) is 60.7 Å². The van der Waals surface area contributed by atoms with Crippen molar-refractivity contribution in [1.82, 2.24) is 15.2 Å². The molecule has 1 aromatic heterocycles. The van der Waals surface area contributed by atoms with E-state index in [1.807, 2.05) is 30.3 Å². The molecule has 0 saturated carbocycles. The SMILES string of the molecule is CCOC(=O)c1ccc(-c2ccc(/C=N\NC(=O)c3ccc(CN4CCN(Cc5ccccc5)CC4)cc3)o2)cc1. The summed E-state index contributed by atoms with van der Waals surface area (Å²) in [6.07, 6.45) is 1.46. The lowest BCUT2D eigenvalue weighted by molar-refractivity contribution is 0.0526. The number of furan rings is 1. The molecule has 0 atom stereocenters. The van der Waals surface area contributed by atoms with Crippen LogP contribution >= 0.6 is 0 Å². The number of nitrogens with one attached hydrogen (secondary N) is 1. The van der Waals surface area contributed by atoms with Crippen LogP contribution in [0.3, 0.4) is 0 Å². The fourth-order valence-corrected chi connectivity index (χ4v) is 4.75. The Bertz CT molecular complexity index is 1460. The molecule has 2 heterocycles. The first-order valence-corrected chi connectivity index (χ1v) is 13.9. The van der Waals surface area contributed by atoms with Gasteiger partial charge in [-0.15, -0.1) is 0 Å². The number of amides is 1. The smallest absolute Gasteiger partial charge is 0.338 e. The molecule has 8 nitrogen and oxygen atoms in total. The van der Waals surface area contributed by atoms with Crippen molar-refractivity contribution in [3.05, 3.63) is 119 Å². The van der Waals surface area contributed by atoms with E-state index in [2.05, 4.69) is 50.7 Å². The molecule has 1 saturated heterocycles. The molecule has 1 fully saturated rings. The van der Waals surface area contributed by atoms with Gasteiger partial charge in [0.2, 0.25) is 0 Å². The van der Waals surface area contributed by atoms with E-state index in [4.69, 9.17) is 9.15 Å². The summed E-state index contributed by atoms with van der Waals surface area (Å²) >= 11 is 0. The molecule has 1 aliphatic heterocycles. The third kappa shape index (κ3) is 7.78. The number of nitrogens with zero attached hydrogens (tertiary/aromatic N) is 3. The van der Waals surface area contributed by atoms with Gasteiger partial charge < -0.3 is 9.15 Å². The highest BCUT2D eigenvalue weighted by Crippen LogP contribution is 2.22. The minimum atomic E-state index is -0.357. The monoisotopic (exact) mass is 550 g/mol. The van der Waals surface area contributed by atoms with Crippen LogP contribution in [0.5, 0.6) is 0 Å². The second kappa shape index (κ2) is 13.7. The number of carbonyl (C=O) groups excluding carboxylic acids is 2. The lowest BCUT2D eigenvalue weighted by Gasteiger charge is -2.34. The molecule has 0 unspecified atom stereocenters. The number of piperazine rings is 1. The summed E-state index contributed by atoms with van der Waals surface area (Å²) in [5, 5.41) is 4.04. The van der Waals surface area contributed by atoms with E-state index in [1.54, 1.807) is 37.3 Å². The molecule has 210 valence electrons. The molecular formula is C33H34N4O4. The average molecular weight is 551 g/mol. The van der Waals surface area contributed by atoms with Crippen molar-refractivity contribution >= 4 is 18.1 Å². The number of esters is 1. The van der Waals surface area contributed by atoms with Gasteiger partial charge in [-0.05, 0) is 54.4 Å². The number of ether oxygens (including phenoxy) is 1. The topological polar surface area (TPSA) is 87.4 Å². The summed E-state index contributed by atoms with van der Waals surface area (Å²) in [5.41, 5.74) is 6.93. The van der Waals surface area contributed by atoms with Gasteiger partial charge in [0.25, 0.3) is 5.91 Å². The largest absolute Gasteiger partial charge is 0.462 e. The predicted octanol–water partition coefficient (Wildman–Crippen LogP) is 5.21. The Kier molecular flexibility index (Phi) is 9.36. The Morgan fingerprint density at radius 1 is 0.805 bits per heavy atom. The lowest BCUT2D eigenvalue weighted by Crippen LogP contribution is -2.45. The minimum Gasteiger partial charge on any atom is -0.462 e. The molecule has 8 heteroatoms. The summed E-state index contributed by atoms with van der Waals surface area (Å²) in [5.74, 6) is 0.476.